The Kier molecular flexibility index (Phi) is 5.57. The second kappa shape index (κ2) is 7.16. The zero-order chi connectivity index (χ0) is 18.8. The Labute approximate surface area is 150 Å². The van der Waals surface area contributed by atoms with E-state index in [9.17, 15) is 9.59 Å². The lowest BCUT2D eigenvalue weighted by atomic mass is 9.81. The summed E-state index contributed by atoms with van der Waals surface area (Å²) in [6, 6.07) is 5.57. The Bertz CT molecular complexity index is 645. The van der Waals surface area contributed by atoms with Gasteiger partial charge in [0.1, 0.15) is 5.75 Å². The standard InChI is InChI=1S/C20H30N2O3/c1-13(2)25-17-11-15(9-10-16(17)14-7-8-14)18(24)22-20(12-23,21-6)19(3,4)5/h9-14,21H,7-8H2,1-6H3,(H,22,24)/t20-/m1/s1. The number of ether oxygens (including phenoxy) is 1. The van der Waals surface area contributed by atoms with Gasteiger partial charge in [-0.25, -0.2) is 0 Å². The Balaban J connectivity index is 2.31. The topological polar surface area (TPSA) is 67.4 Å². The van der Waals surface area contributed by atoms with Crippen LogP contribution in [0.15, 0.2) is 18.2 Å². The molecule has 0 saturated heterocycles. The molecule has 1 saturated carbocycles. The molecule has 0 unspecified atom stereocenters. The third-order valence-corrected chi connectivity index (χ3v) is 4.72. The van der Waals surface area contributed by atoms with Gasteiger partial charge >= 0.3 is 0 Å². The van der Waals surface area contributed by atoms with Crippen molar-refractivity contribution in [3.63, 3.8) is 0 Å². The highest BCUT2D eigenvalue weighted by Gasteiger charge is 2.42. The van der Waals surface area contributed by atoms with Gasteiger partial charge in [-0.1, -0.05) is 26.8 Å². The van der Waals surface area contributed by atoms with Gasteiger partial charge < -0.3 is 10.1 Å². The maximum Gasteiger partial charge on any atom is 0.253 e. The third kappa shape index (κ3) is 4.21. The maximum atomic E-state index is 12.8. The van der Waals surface area contributed by atoms with Crippen molar-refractivity contribution in [3.8, 4) is 5.75 Å². The number of carbonyl (C=O) groups excluding carboxylic acids is 2. The molecule has 0 radical (unpaired) electrons. The van der Waals surface area contributed by atoms with Crippen molar-refractivity contribution >= 4 is 12.2 Å². The molecule has 0 aromatic heterocycles. The van der Waals surface area contributed by atoms with Gasteiger partial charge in [0.25, 0.3) is 5.91 Å². The minimum absolute atomic E-state index is 0.0387. The number of carbonyl (C=O) groups is 2. The fourth-order valence-electron chi connectivity index (χ4n) is 2.90. The molecule has 0 heterocycles. The number of likely N-dealkylation sites (N-methyl/N-ethyl adjacent to an activating group) is 1. The van der Waals surface area contributed by atoms with E-state index >= 15 is 0 Å². The van der Waals surface area contributed by atoms with Crippen molar-refractivity contribution in [2.75, 3.05) is 7.05 Å². The number of rotatable bonds is 7. The predicted molar refractivity (Wildman–Crippen MR) is 99.0 cm³/mol. The fraction of sp³-hybridized carbons (Fsp3) is 0.600. The van der Waals surface area contributed by atoms with Crippen molar-refractivity contribution in [2.24, 2.45) is 5.41 Å². The van der Waals surface area contributed by atoms with Crippen molar-refractivity contribution in [1.29, 1.82) is 0 Å². The zero-order valence-electron chi connectivity index (χ0n) is 16.1. The largest absolute Gasteiger partial charge is 0.491 e. The summed E-state index contributed by atoms with van der Waals surface area (Å²) in [6.07, 6.45) is 3.13. The smallest absolute Gasteiger partial charge is 0.253 e. The van der Waals surface area contributed by atoms with Crippen LogP contribution in [-0.2, 0) is 4.79 Å². The lowest BCUT2D eigenvalue weighted by Gasteiger charge is -2.40. The van der Waals surface area contributed by atoms with Crippen LogP contribution in [0.3, 0.4) is 0 Å². The molecule has 0 aliphatic heterocycles. The summed E-state index contributed by atoms with van der Waals surface area (Å²) in [4.78, 5) is 24.5. The van der Waals surface area contributed by atoms with E-state index in [1.165, 1.54) is 0 Å². The minimum Gasteiger partial charge on any atom is -0.491 e. The first-order chi connectivity index (χ1) is 11.6. The van der Waals surface area contributed by atoms with Gasteiger partial charge in [0.15, 0.2) is 11.9 Å². The molecule has 1 aromatic rings. The molecule has 1 amide bonds. The monoisotopic (exact) mass is 346 g/mol. The molecule has 0 bridgehead atoms. The van der Waals surface area contributed by atoms with Crippen LogP contribution in [0.5, 0.6) is 5.75 Å². The summed E-state index contributed by atoms with van der Waals surface area (Å²) in [7, 11) is 1.67. The first-order valence-electron chi connectivity index (χ1n) is 8.92. The van der Waals surface area contributed by atoms with Gasteiger partial charge in [0, 0.05) is 11.0 Å². The summed E-state index contributed by atoms with van der Waals surface area (Å²) in [5, 5.41) is 5.82. The molecule has 1 atom stereocenters. The normalized spacial score (nSPS) is 17.1. The Morgan fingerprint density at radius 1 is 1.28 bits per heavy atom. The van der Waals surface area contributed by atoms with Crippen molar-refractivity contribution in [1.82, 2.24) is 10.6 Å². The first-order valence-corrected chi connectivity index (χ1v) is 8.92. The molecule has 25 heavy (non-hydrogen) atoms. The molecule has 5 heteroatoms. The third-order valence-electron chi connectivity index (χ3n) is 4.72. The van der Waals surface area contributed by atoms with Gasteiger partial charge in [0.05, 0.1) is 6.10 Å². The average molecular weight is 346 g/mol. The van der Waals surface area contributed by atoms with Gasteiger partial charge in [0.2, 0.25) is 0 Å². The van der Waals surface area contributed by atoms with Crippen molar-refractivity contribution < 1.29 is 14.3 Å². The van der Waals surface area contributed by atoms with E-state index in [1.807, 2.05) is 46.8 Å². The van der Waals surface area contributed by atoms with Crippen LogP contribution >= 0.6 is 0 Å². The van der Waals surface area contributed by atoms with Crippen LogP contribution in [0.2, 0.25) is 0 Å². The molecule has 5 nitrogen and oxygen atoms in total. The number of aldehydes is 1. The summed E-state index contributed by atoms with van der Waals surface area (Å²) >= 11 is 0. The van der Waals surface area contributed by atoms with E-state index in [2.05, 4.69) is 10.6 Å². The fourth-order valence-corrected chi connectivity index (χ4v) is 2.90. The second-order valence-electron chi connectivity index (χ2n) is 8.07. The van der Waals surface area contributed by atoms with E-state index in [-0.39, 0.29) is 12.0 Å². The van der Waals surface area contributed by atoms with Crippen LogP contribution in [0.25, 0.3) is 0 Å². The van der Waals surface area contributed by atoms with Gasteiger partial charge in [-0.15, -0.1) is 0 Å². The molecule has 2 N–H and O–H groups in total. The van der Waals surface area contributed by atoms with Crippen LogP contribution in [-0.4, -0.2) is 31.0 Å². The number of benzene rings is 1. The zero-order valence-corrected chi connectivity index (χ0v) is 16.1. The van der Waals surface area contributed by atoms with Crippen LogP contribution < -0.4 is 15.4 Å². The summed E-state index contributed by atoms with van der Waals surface area (Å²) < 4.78 is 5.92. The summed E-state index contributed by atoms with van der Waals surface area (Å²) in [5.41, 5.74) is 0.0324. The Hall–Kier alpha value is -1.88. The molecule has 0 spiro atoms. The highest BCUT2D eigenvalue weighted by Crippen LogP contribution is 2.44. The SMILES string of the molecule is CN[C@](C=O)(NC(=O)c1ccc(C2CC2)c(OC(C)C)c1)C(C)(C)C. The Morgan fingerprint density at radius 3 is 2.36 bits per heavy atom. The van der Waals surface area contributed by atoms with E-state index < -0.39 is 11.1 Å². The van der Waals surface area contributed by atoms with E-state index in [1.54, 1.807) is 13.1 Å². The van der Waals surface area contributed by atoms with Crippen molar-refractivity contribution in [3.05, 3.63) is 29.3 Å². The Morgan fingerprint density at radius 2 is 1.92 bits per heavy atom. The molecule has 1 aliphatic carbocycles. The molecule has 1 aromatic carbocycles. The lowest BCUT2D eigenvalue weighted by molar-refractivity contribution is -0.118. The highest BCUT2D eigenvalue weighted by atomic mass is 16.5. The molecular formula is C20H30N2O3. The van der Waals surface area contributed by atoms with Crippen molar-refractivity contribution in [2.45, 2.75) is 65.1 Å². The molecule has 2 rings (SSSR count). The predicted octanol–water partition coefficient (Wildman–Crippen LogP) is 3.24. The number of hydrogen-bond donors (Lipinski definition) is 2. The van der Waals surface area contributed by atoms with E-state index in [4.69, 9.17) is 4.74 Å². The lowest BCUT2D eigenvalue weighted by Crippen LogP contribution is -2.66. The molecular weight excluding hydrogens is 316 g/mol. The van der Waals surface area contributed by atoms with Gasteiger partial charge in [-0.2, -0.15) is 0 Å². The van der Waals surface area contributed by atoms with Gasteiger partial charge in [-0.3, -0.25) is 14.9 Å². The van der Waals surface area contributed by atoms with Crippen LogP contribution in [0.4, 0.5) is 0 Å². The number of amides is 1. The number of hydrogen-bond acceptors (Lipinski definition) is 4. The second-order valence-corrected chi connectivity index (χ2v) is 8.07. The summed E-state index contributed by atoms with van der Waals surface area (Å²) in [5.74, 6) is 1.00. The van der Waals surface area contributed by atoms with E-state index in [0.29, 0.717) is 11.5 Å². The van der Waals surface area contributed by atoms with Gasteiger partial charge in [-0.05, 0) is 57.4 Å². The quantitative estimate of drug-likeness (QED) is 0.587. The van der Waals surface area contributed by atoms with E-state index in [0.717, 1.165) is 30.4 Å². The first kappa shape index (κ1) is 19.4. The highest BCUT2D eigenvalue weighted by molar-refractivity contribution is 5.97. The maximum absolute atomic E-state index is 12.8. The number of nitrogens with one attached hydrogen (secondary N) is 2. The minimum atomic E-state index is -1.14. The summed E-state index contributed by atoms with van der Waals surface area (Å²) in [6.45, 7) is 9.66. The molecule has 1 aliphatic rings. The van der Waals surface area contributed by atoms with Crippen LogP contribution in [0.1, 0.15) is 69.3 Å². The molecule has 1 fully saturated rings. The average Bonchev–Trinajstić information content (AvgIpc) is 3.35. The molecule has 138 valence electrons. The van der Waals surface area contributed by atoms with Crippen LogP contribution in [0, 0.1) is 5.41 Å².